The zero-order chi connectivity index (χ0) is 20.2. The molecule has 0 saturated carbocycles. The molecular formula is C24H21N3O2. The van der Waals surface area contributed by atoms with Gasteiger partial charge >= 0.3 is 0 Å². The summed E-state index contributed by atoms with van der Waals surface area (Å²) < 4.78 is 7.05. The predicted octanol–water partition coefficient (Wildman–Crippen LogP) is 5.31. The number of aromatic nitrogens is 2. The van der Waals surface area contributed by atoms with Crippen LogP contribution in [0, 0.1) is 6.92 Å². The van der Waals surface area contributed by atoms with Gasteiger partial charge in [-0.15, -0.1) is 0 Å². The Hall–Kier alpha value is -3.86. The van der Waals surface area contributed by atoms with E-state index in [4.69, 9.17) is 14.8 Å². The van der Waals surface area contributed by atoms with Gasteiger partial charge in [0.25, 0.3) is 0 Å². The van der Waals surface area contributed by atoms with Crippen molar-refractivity contribution in [2.75, 3.05) is 7.11 Å². The van der Waals surface area contributed by atoms with E-state index in [0.29, 0.717) is 5.75 Å². The first-order valence-corrected chi connectivity index (χ1v) is 9.29. The van der Waals surface area contributed by atoms with Crippen molar-refractivity contribution < 1.29 is 9.84 Å². The van der Waals surface area contributed by atoms with E-state index in [2.05, 4.69) is 12.1 Å². The maximum atomic E-state index is 9.83. The number of aromatic hydroxyl groups is 1. The summed E-state index contributed by atoms with van der Waals surface area (Å²) in [7, 11) is 1.53. The van der Waals surface area contributed by atoms with Gasteiger partial charge in [0.2, 0.25) is 0 Å². The van der Waals surface area contributed by atoms with Gasteiger partial charge in [0.1, 0.15) is 0 Å². The van der Waals surface area contributed by atoms with Crippen LogP contribution in [0.3, 0.4) is 0 Å². The molecule has 29 heavy (non-hydrogen) atoms. The molecule has 0 aliphatic carbocycles. The Bertz CT molecular complexity index is 1150. The zero-order valence-electron chi connectivity index (χ0n) is 16.3. The maximum absolute atomic E-state index is 9.83. The number of hydrogen-bond donors (Lipinski definition) is 1. The number of phenolic OH excluding ortho intramolecular Hbond substituents is 1. The molecule has 0 saturated heterocycles. The van der Waals surface area contributed by atoms with Crippen LogP contribution in [0.1, 0.15) is 11.3 Å². The number of aliphatic imine (C=N–C) groups is 1. The summed E-state index contributed by atoms with van der Waals surface area (Å²) in [6.07, 6.45) is 1.75. The van der Waals surface area contributed by atoms with Crippen molar-refractivity contribution in [3.63, 3.8) is 0 Å². The van der Waals surface area contributed by atoms with Crippen molar-refractivity contribution in [2.24, 2.45) is 4.99 Å². The Labute approximate surface area is 169 Å². The highest BCUT2D eigenvalue weighted by molar-refractivity contribution is 5.86. The van der Waals surface area contributed by atoms with Crippen LogP contribution >= 0.6 is 0 Å². The van der Waals surface area contributed by atoms with Crippen LogP contribution in [0.4, 0.5) is 5.82 Å². The molecule has 0 atom stereocenters. The molecule has 0 radical (unpaired) electrons. The summed E-state index contributed by atoms with van der Waals surface area (Å²) in [5.74, 6) is 1.25. The second-order valence-electron chi connectivity index (χ2n) is 6.59. The Morgan fingerprint density at radius 3 is 2.34 bits per heavy atom. The molecule has 4 aromatic rings. The molecule has 1 N–H and O–H groups in total. The number of nitrogens with zero attached hydrogens (tertiary/aromatic N) is 3. The first kappa shape index (κ1) is 18.5. The molecule has 1 aromatic heterocycles. The fourth-order valence-corrected chi connectivity index (χ4v) is 3.24. The predicted molar refractivity (Wildman–Crippen MR) is 116 cm³/mol. The fraction of sp³-hybridized carbons (Fsp3) is 0.0833. The topological polar surface area (TPSA) is 59.6 Å². The van der Waals surface area contributed by atoms with Crippen LogP contribution in [0.15, 0.2) is 83.9 Å². The second-order valence-corrected chi connectivity index (χ2v) is 6.59. The average Bonchev–Trinajstić information content (AvgIpc) is 3.10. The van der Waals surface area contributed by atoms with E-state index in [1.165, 1.54) is 7.11 Å². The minimum Gasteiger partial charge on any atom is -0.504 e. The molecule has 0 amide bonds. The van der Waals surface area contributed by atoms with Gasteiger partial charge in [-0.2, -0.15) is 5.10 Å². The third-order valence-corrected chi connectivity index (χ3v) is 4.64. The smallest absolute Gasteiger partial charge is 0.163 e. The highest BCUT2D eigenvalue weighted by atomic mass is 16.5. The van der Waals surface area contributed by atoms with Gasteiger partial charge in [0, 0.05) is 11.8 Å². The number of phenols is 1. The summed E-state index contributed by atoms with van der Waals surface area (Å²) in [5.41, 5.74) is 4.69. The normalized spacial score (nSPS) is 11.1. The van der Waals surface area contributed by atoms with Crippen molar-refractivity contribution in [3.05, 3.63) is 90.1 Å². The number of hydrogen-bond acceptors (Lipinski definition) is 4. The summed E-state index contributed by atoms with van der Waals surface area (Å²) >= 11 is 0. The number of benzene rings is 3. The molecular weight excluding hydrogens is 362 g/mol. The van der Waals surface area contributed by atoms with Gasteiger partial charge in [-0.25, -0.2) is 9.67 Å². The average molecular weight is 383 g/mol. The van der Waals surface area contributed by atoms with Gasteiger partial charge in [0.15, 0.2) is 17.3 Å². The van der Waals surface area contributed by atoms with Crippen molar-refractivity contribution in [1.29, 1.82) is 0 Å². The lowest BCUT2D eigenvalue weighted by atomic mass is 10.1. The summed E-state index contributed by atoms with van der Waals surface area (Å²) in [6, 6.07) is 25.2. The van der Waals surface area contributed by atoms with E-state index in [1.807, 2.05) is 60.1 Å². The van der Waals surface area contributed by atoms with Crippen LogP contribution in [0.25, 0.3) is 16.8 Å². The van der Waals surface area contributed by atoms with Crippen molar-refractivity contribution >= 4 is 12.0 Å². The first-order valence-electron chi connectivity index (χ1n) is 9.29. The molecule has 0 spiro atoms. The largest absolute Gasteiger partial charge is 0.504 e. The van der Waals surface area contributed by atoms with Crippen molar-refractivity contribution in [1.82, 2.24) is 9.78 Å². The molecule has 1 heterocycles. The molecule has 0 unspecified atom stereocenters. The van der Waals surface area contributed by atoms with E-state index < -0.39 is 0 Å². The van der Waals surface area contributed by atoms with Crippen LogP contribution < -0.4 is 4.74 Å². The number of methoxy groups -OCH3 is 1. The zero-order valence-corrected chi connectivity index (χ0v) is 16.3. The Kier molecular flexibility index (Phi) is 5.12. The maximum Gasteiger partial charge on any atom is 0.163 e. The lowest BCUT2D eigenvalue weighted by Crippen LogP contribution is -1.96. The fourth-order valence-electron chi connectivity index (χ4n) is 3.24. The molecule has 0 bridgehead atoms. The Balaban J connectivity index is 1.86. The lowest BCUT2D eigenvalue weighted by Gasteiger charge is -2.07. The molecule has 5 heteroatoms. The van der Waals surface area contributed by atoms with Crippen LogP contribution in [0.2, 0.25) is 0 Å². The highest BCUT2D eigenvalue weighted by Gasteiger charge is 2.17. The van der Waals surface area contributed by atoms with Gasteiger partial charge in [-0.05, 0) is 48.4 Å². The summed E-state index contributed by atoms with van der Waals surface area (Å²) in [6.45, 7) is 1.99. The molecule has 0 aliphatic rings. The monoisotopic (exact) mass is 383 g/mol. The molecule has 0 aliphatic heterocycles. The van der Waals surface area contributed by atoms with E-state index in [-0.39, 0.29) is 5.75 Å². The van der Waals surface area contributed by atoms with Crippen LogP contribution in [-0.2, 0) is 0 Å². The van der Waals surface area contributed by atoms with Crippen LogP contribution in [0.5, 0.6) is 11.5 Å². The van der Waals surface area contributed by atoms with Crippen LogP contribution in [-0.4, -0.2) is 28.2 Å². The quantitative estimate of drug-likeness (QED) is 0.475. The first-order chi connectivity index (χ1) is 14.2. The molecule has 144 valence electrons. The molecule has 5 nitrogen and oxygen atoms in total. The standard InChI is InChI=1S/C24H21N3O2/c1-17-23(19-9-5-3-6-10-19)24(27(26-17)20-11-7-4-8-12-20)25-16-18-13-14-21(28)22(15-18)29-2/h3-16,28H,1-2H3. The number of ether oxygens (including phenoxy) is 1. The van der Waals surface area contributed by atoms with E-state index in [9.17, 15) is 5.11 Å². The van der Waals surface area contributed by atoms with Gasteiger partial charge in [-0.1, -0.05) is 48.5 Å². The summed E-state index contributed by atoms with van der Waals surface area (Å²) in [5, 5.41) is 14.6. The lowest BCUT2D eigenvalue weighted by molar-refractivity contribution is 0.373. The number of para-hydroxylation sites is 1. The van der Waals surface area contributed by atoms with Crippen molar-refractivity contribution in [2.45, 2.75) is 6.92 Å². The third kappa shape index (κ3) is 3.75. The minimum atomic E-state index is 0.0970. The van der Waals surface area contributed by atoms with Crippen molar-refractivity contribution in [3.8, 4) is 28.3 Å². The van der Waals surface area contributed by atoms with Gasteiger partial charge in [-0.3, -0.25) is 0 Å². The SMILES string of the molecule is COc1cc(C=Nc2c(-c3ccccc3)c(C)nn2-c2ccccc2)ccc1O. The number of aryl methyl sites for hydroxylation is 1. The minimum absolute atomic E-state index is 0.0970. The molecule has 0 fully saturated rings. The summed E-state index contributed by atoms with van der Waals surface area (Å²) in [4.78, 5) is 4.79. The van der Waals surface area contributed by atoms with Gasteiger partial charge in [0.05, 0.1) is 18.5 Å². The molecule has 4 rings (SSSR count). The number of rotatable bonds is 5. The Morgan fingerprint density at radius 2 is 1.66 bits per heavy atom. The Morgan fingerprint density at radius 1 is 0.966 bits per heavy atom. The third-order valence-electron chi connectivity index (χ3n) is 4.64. The highest BCUT2D eigenvalue weighted by Crippen LogP contribution is 2.35. The van der Waals surface area contributed by atoms with E-state index in [1.54, 1.807) is 24.4 Å². The van der Waals surface area contributed by atoms with Gasteiger partial charge < -0.3 is 9.84 Å². The second kappa shape index (κ2) is 8.02. The van der Waals surface area contributed by atoms with E-state index >= 15 is 0 Å². The van der Waals surface area contributed by atoms with E-state index in [0.717, 1.165) is 33.9 Å². The molecule has 3 aromatic carbocycles.